The Labute approximate surface area is 124 Å². The van der Waals surface area contributed by atoms with Crippen molar-refractivity contribution in [1.29, 1.82) is 0 Å². The van der Waals surface area contributed by atoms with Crippen LogP contribution in [0.25, 0.3) is 0 Å². The Morgan fingerprint density at radius 2 is 2.19 bits per heavy atom. The van der Waals surface area contributed by atoms with Crippen molar-refractivity contribution in [3.63, 3.8) is 0 Å². The maximum atomic E-state index is 11.8. The van der Waals surface area contributed by atoms with E-state index < -0.39 is 5.97 Å². The van der Waals surface area contributed by atoms with E-state index in [1.807, 2.05) is 29.7 Å². The molecule has 0 aliphatic carbocycles. The molecular formula is C15H20N4O2. The molecule has 2 heterocycles. The summed E-state index contributed by atoms with van der Waals surface area (Å²) in [7, 11) is 0. The van der Waals surface area contributed by atoms with Crippen LogP contribution in [0.15, 0.2) is 24.4 Å². The molecule has 0 saturated heterocycles. The molecule has 0 aliphatic heterocycles. The summed E-state index contributed by atoms with van der Waals surface area (Å²) in [5.74, 6) is 0.675. The highest BCUT2D eigenvalue weighted by atomic mass is 16.5. The van der Waals surface area contributed by atoms with E-state index in [9.17, 15) is 4.79 Å². The standard InChI is InChI=1S/C15H20N4O2/c1-3-12-18-13(15(20)21-4-2)14(16)19(12)10-8-11-7-5-6-9-17-11/h5-7,9H,3-4,8,10,16H2,1-2H3. The van der Waals surface area contributed by atoms with Crippen molar-refractivity contribution in [3.8, 4) is 0 Å². The lowest BCUT2D eigenvalue weighted by Gasteiger charge is -2.08. The number of hydrogen-bond donors (Lipinski definition) is 1. The molecule has 6 nitrogen and oxygen atoms in total. The maximum Gasteiger partial charge on any atom is 0.360 e. The van der Waals surface area contributed by atoms with E-state index in [0.29, 0.717) is 25.4 Å². The molecule has 0 bridgehead atoms. The van der Waals surface area contributed by atoms with Gasteiger partial charge in [-0.15, -0.1) is 0 Å². The molecule has 2 aromatic heterocycles. The average Bonchev–Trinajstić information content (AvgIpc) is 2.83. The van der Waals surface area contributed by atoms with Crippen molar-refractivity contribution in [2.75, 3.05) is 12.3 Å². The third kappa shape index (κ3) is 3.39. The third-order valence-electron chi connectivity index (χ3n) is 3.19. The fraction of sp³-hybridized carbons (Fsp3) is 0.400. The molecule has 0 unspecified atom stereocenters. The number of anilines is 1. The molecule has 0 saturated carbocycles. The number of pyridine rings is 1. The van der Waals surface area contributed by atoms with Gasteiger partial charge in [-0.25, -0.2) is 9.78 Å². The van der Waals surface area contributed by atoms with Crippen LogP contribution in [0.3, 0.4) is 0 Å². The minimum atomic E-state index is -0.471. The summed E-state index contributed by atoms with van der Waals surface area (Å²) >= 11 is 0. The number of imidazole rings is 1. The molecular weight excluding hydrogens is 268 g/mol. The van der Waals surface area contributed by atoms with Gasteiger partial charge in [0.2, 0.25) is 0 Å². The molecule has 112 valence electrons. The van der Waals surface area contributed by atoms with Crippen LogP contribution in [0.5, 0.6) is 0 Å². The van der Waals surface area contributed by atoms with Crippen LogP contribution in [0, 0.1) is 0 Å². The normalized spacial score (nSPS) is 10.6. The number of esters is 1. The van der Waals surface area contributed by atoms with Gasteiger partial charge in [-0.2, -0.15) is 0 Å². The number of nitrogens with zero attached hydrogens (tertiary/aromatic N) is 3. The second-order valence-electron chi connectivity index (χ2n) is 4.56. The molecule has 0 amide bonds. The molecule has 2 rings (SSSR count). The number of aromatic nitrogens is 3. The van der Waals surface area contributed by atoms with E-state index in [-0.39, 0.29) is 5.69 Å². The van der Waals surface area contributed by atoms with Crippen molar-refractivity contribution in [2.24, 2.45) is 0 Å². The predicted octanol–water partition coefficient (Wildman–Crippen LogP) is 1.84. The van der Waals surface area contributed by atoms with Gasteiger partial charge < -0.3 is 15.0 Å². The SMILES string of the molecule is CCOC(=O)c1nc(CC)n(CCc2ccccn2)c1N. The largest absolute Gasteiger partial charge is 0.461 e. The van der Waals surface area contributed by atoms with Gasteiger partial charge in [0.05, 0.1) is 6.61 Å². The quantitative estimate of drug-likeness (QED) is 0.820. The molecule has 6 heteroatoms. The van der Waals surface area contributed by atoms with Crippen molar-refractivity contribution >= 4 is 11.8 Å². The fourth-order valence-corrected chi connectivity index (χ4v) is 2.16. The molecule has 0 aliphatic rings. The monoisotopic (exact) mass is 288 g/mol. The van der Waals surface area contributed by atoms with Crippen molar-refractivity contribution in [1.82, 2.24) is 14.5 Å². The van der Waals surface area contributed by atoms with Gasteiger partial charge in [0.1, 0.15) is 11.6 Å². The van der Waals surface area contributed by atoms with Crippen LogP contribution in [0.2, 0.25) is 0 Å². The highest BCUT2D eigenvalue weighted by Gasteiger charge is 2.20. The molecule has 21 heavy (non-hydrogen) atoms. The first-order chi connectivity index (χ1) is 10.2. The Hall–Kier alpha value is -2.37. The molecule has 0 radical (unpaired) electrons. The summed E-state index contributed by atoms with van der Waals surface area (Å²) in [6.45, 7) is 4.68. The molecule has 0 aromatic carbocycles. The number of nitrogen functional groups attached to an aromatic ring is 1. The first-order valence-corrected chi connectivity index (χ1v) is 7.09. The highest BCUT2D eigenvalue weighted by Crippen LogP contribution is 2.17. The number of carbonyl (C=O) groups excluding carboxylic acids is 1. The molecule has 0 fully saturated rings. The maximum absolute atomic E-state index is 11.8. The lowest BCUT2D eigenvalue weighted by Crippen LogP contribution is -2.11. The topological polar surface area (TPSA) is 83.0 Å². The van der Waals surface area contributed by atoms with E-state index in [4.69, 9.17) is 10.5 Å². The molecule has 0 spiro atoms. The zero-order chi connectivity index (χ0) is 15.2. The van der Waals surface area contributed by atoms with Gasteiger partial charge in [-0.05, 0) is 19.1 Å². The number of nitrogens with two attached hydrogens (primary N) is 1. The minimum absolute atomic E-state index is 0.203. The fourth-order valence-electron chi connectivity index (χ4n) is 2.16. The summed E-state index contributed by atoms with van der Waals surface area (Å²) in [5, 5.41) is 0. The molecule has 0 atom stereocenters. The smallest absolute Gasteiger partial charge is 0.360 e. The van der Waals surface area contributed by atoms with Crippen LogP contribution < -0.4 is 5.73 Å². The van der Waals surface area contributed by atoms with E-state index in [2.05, 4.69) is 9.97 Å². The van der Waals surface area contributed by atoms with Crippen molar-refractivity contribution in [2.45, 2.75) is 33.2 Å². The Morgan fingerprint density at radius 3 is 2.81 bits per heavy atom. The first-order valence-electron chi connectivity index (χ1n) is 7.09. The van der Waals surface area contributed by atoms with Crippen LogP contribution in [0.1, 0.15) is 35.9 Å². The predicted molar refractivity (Wildman–Crippen MR) is 79.9 cm³/mol. The summed E-state index contributed by atoms with van der Waals surface area (Å²) in [6, 6.07) is 5.79. The van der Waals surface area contributed by atoms with Gasteiger partial charge in [-0.1, -0.05) is 13.0 Å². The van der Waals surface area contributed by atoms with Gasteiger partial charge in [0.25, 0.3) is 0 Å². The first kappa shape index (κ1) is 15.0. The summed E-state index contributed by atoms with van der Waals surface area (Å²) in [4.78, 5) is 20.4. The second kappa shape index (κ2) is 6.88. The van der Waals surface area contributed by atoms with E-state index in [1.54, 1.807) is 13.1 Å². The number of carbonyl (C=O) groups is 1. The van der Waals surface area contributed by atoms with E-state index >= 15 is 0 Å². The molecule has 2 N–H and O–H groups in total. The van der Waals surface area contributed by atoms with E-state index in [1.165, 1.54) is 0 Å². The summed E-state index contributed by atoms with van der Waals surface area (Å²) in [5.41, 5.74) is 7.23. The Balaban J connectivity index is 2.20. The zero-order valence-electron chi connectivity index (χ0n) is 12.4. The van der Waals surface area contributed by atoms with Gasteiger partial charge in [0.15, 0.2) is 5.69 Å². The van der Waals surface area contributed by atoms with Crippen LogP contribution in [-0.2, 0) is 24.1 Å². The van der Waals surface area contributed by atoms with Gasteiger partial charge in [0, 0.05) is 31.3 Å². The molecule has 2 aromatic rings. The van der Waals surface area contributed by atoms with Crippen LogP contribution >= 0.6 is 0 Å². The third-order valence-corrected chi connectivity index (χ3v) is 3.19. The van der Waals surface area contributed by atoms with E-state index in [0.717, 1.165) is 17.9 Å². The Kier molecular flexibility index (Phi) is 4.92. The Morgan fingerprint density at radius 1 is 1.38 bits per heavy atom. The minimum Gasteiger partial charge on any atom is -0.461 e. The van der Waals surface area contributed by atoms with Crippen molar-refractivity contribution in [3.05, 3.63) is 41.6 Å². The van der Waals surface area contributed by atoms with Crippen LogP contribution in [0.4, 0.5) is 5.82 Å². The number of ether oxygens (including phenoxy) is 1. The second-order valence-corrected chi connectivity index (χ2v) is 4.56. The van der Waals surface area contributed by atoms with Gasteiger partial charge >= 0.3 is 5.97 Å². The number of hydrogen-bond acceptors (Lipinski definition) is 5. The summed E-state index contributed by atoms with van der Waals surface area (Å²) < 4.78 is 6.84. The summed E-state index contributed by atoms with van der Waals surface area (Å²) in [6.07, 6.45) is 3.19. The number of rotatable bonds is 6. The number of aryl methyl sites for hydroxylation is 2. The lowest BCUT2D eigenvalue weighted by molar-refractivity contribution is 0.0521. The van der Waals surface area contributed by atoms with Crippen LogP contribution in [-0.4, -0.2) is 27.1 Å². The average molecular weight is 288 g/mol. The zero-order valence-corrected chi connectivity index (χ0v) is 12.4. The highest BCUT2D eigenvalue weighted by molar-refractivity contribution is 5.92. The van der Waals surface area contributed by atoms with Crippen molar-refractivity contribution < 1.29 is 9.53 Å². The van der Waals surface area contributed by atoms with Gasteiger partial charge in [-0.3, -0.25) is 4.98 Å². The Bertz CT molecular complexity index is 608. The lowest BCUT2D eigenvalue weighted by atomic mass is 10.2.